The average molecular weight is 298 g/mol. The number of amides is 2. The molecule has 0 fully saturated rings. The van der Waals surface area contributed by atoms with Crippen molar-refractivity contribution in [2.24, 2.45) is 0 Å². The van der Waals surface area contributed by atoms with E-state index >= 15 is 0 Å². The number of hydrogen-bond donors (Lipinski definition) is 3. The van der Waals surface area contributed by atoms with E-state index in [-0.39, 0.29) is 25.1 Å². The van der Waals surface area contributed by atoms with Gasteiger partial charge in [0.05, 0.1) is 6.61 Å². The molecule has 116 valence electrons. The van der Waals surface area contributed by atoms with Crippen molar-refractivity contribution in [3.05, 3.63) is 71.8 Å². The number of urea groups is 1. The van der Waals surface area contributed by atoms with E-state index in [9.17, 15) is 4.79 Å². The maximum Gasteiger partial charge on any atom is 0.314 e. The lowest BCUT2D eigenvalue weighted by atomic mass is 9.92. The van der Waals surface area contributed by atoms with Gasteiger partial charge in [-0.15, -0.1) is 0 Å². The highest BCUT2D eigenvalue weighted by Crippen LogP contribution is 2.20. The fraction of sp³-hybridized carbons (Fsp3) is 0.278. The number of hydrogen-bond acceptors (Lipinski definition) is 2. The first-order chi connectivity index (χ1) is 10.8. The van der Waals surface area contributed by atoms with Gasteiger partial charge in [0.15, 0.2) is 0 Å². The van der Waals surface area contributed by atoms with Crippen molar-refractivity contribution >= 4 is 6.03 Å². The van der Waals surface area contributed by atoms with Gasteiger partial charge in [0.25, 0.3) is 0 Å². The summed E-state index contributed by atoms with van der Waals surface area (Å²) in [6, 6.07) is 20.2. The highest BCUT2D eigenvalue weighted by atomic mass is 16.3. The third-order valence-corrected chi connectivity index (χ3v) is 3.50. The minimum atomic E-state index is -0.247. The van der Waals surface area contributed by atoms with Crippen molar-refractivity contribution < 1.29 is 9.90 Å². The lowest BCUT2D eigenvalue weighted by molar-refractivity contribution is 0.233. The van der Waals surface area contributed by atoms with Gasteiger partial charge in [-0.25, -0.2) is 4.79 Å². The van der Waals surface area contributed by atoms with Crippen molar-refractivity contribution in [2.75, 3.05) is 19.7 Å². The van der Waals surface area contributed by atoms with Crippen LogP contribution in [0.4, 0.5) is 4.79 Å². The number of carbonyl (C=O) groups excluding carboxylic acids is 1. The number of aliphatic hydroxyl groups is 1. The molecule has 2 aromatic rings. The Labute approximate surface area is 131 Å². The fourth-order valence-electron chi connectivity index (χ4n) is 2.38. The average Bonchev–Trinajstić information content (AvgIpc) is 2.58. The molecule has 2 amide bonds. The van der Waals surface area contributed by atoms with Crippen LogP contribution in [0, 0.1) is 0 Å². The topological polar surface area (TPSA) is 61.4 Å². The highest BCUT2D eigenvalue weighted by Gasteiger charge is 2.13. The molecule has 0 heterocycles. The van der Waals surface area contributed by atoms with E-state index in [4.69, 9.17) is 5.11 Å². The Bertz CT molecular complexity index is 558. The summed E-state index contributed by atoms with van der Waals surface area (Å²) in [6.45, 7) is 0.760. The van der Waals surface area contributed by atoms with Gasteiger partial charge >= 0.3 is 6.03 Å². The molecular formula is C18H22N2O2. The van der Waals surface area contributed by atoms with E-state index in [0.29, 0.717) is 6.54 Å². The largest absolute Gasteiger partial charge is 0.395 e. The lowest BCUT2D eigenvalue weighted by Gasteiger charge is -2.18. The van der Waals surface area contributed by atoms with Crippen LogP contribution < -0.4 is 10.6 Å². The molecule has 2 aromatic carbocycles. The number of nitrogens with one attached hydrogen (secondary N) is 2. The molecule has 0 aliphatic carbocycles. The maximum absolute atomic E-state index is 11.7. The molecule has 1 atom stereocenters. The van der Waals surface area contributed by atoms with Crippen LogP contribution in [-0.2, 0) is 6.42 Å². The van der Waals surface area contributed by atoms with E-state index < -0.39 is 0 Å². The van der Waals surface area contributed by atoms with E-state index in [1.54, 1.807) is 0 Å². The Balaban J connectivity index is 2.01. The summed E-state index contributed by atoms with van der Waals surface area (Å²) < 4.78 is 0. The third-order valence-electron chi connectivity index (χ3n) is 3.50. The second-order valence-corrected chi connectivity index (χ2v) is 5.16. The van der Waals surface area contributed by atoms with Crippen molar-refractivity contribution in [3.63, 3.8) is 0 Å². The van der Waals surface area contributed by atoms with Gasteiger partial charge in [0.2, 0.25) is 0 Å². The van der Waals surface area contributed by atoms with E-state index in [1.807, 2.05) is 36.4 Å². The summed E-state index contributed by atoms with van der Waals surface area (Å²) in [6.07, 6.45) is 0.866. The Morgan fingerprint density at radius 1 is 0.955 bits per heavy atom. The second-order valence-electron chi connectivity index (χ2n) is 5.16. The zero-order valence-corrected chi connectivity index (χ0v) is 12.5. The van der Waals surface area contributed by atoms with Crippen molar-refractivity contribution in [1.82, 2.24) is 10.6 Å². The zero-order chi connectivity index (χ0) is 15.6. The van der Waals surface area contributed by atoms with Gasteiger partial charge in [-0.1, -0.05) is 60.7 Å². The molecule has 2 rings (SSSR count). The first-order valence-corrected chi connectivity index (χ1v) is 7.51. The van der Waals surface area contributed by atoms with Crippen molar-refractivity contribution in [3.8, 4) is 0 Å². The number of benzene rings is 2. The quantitative estimate of drug-likeness (QED) is 0.734. The van der Waals surface area contributed by atoms with Gasteiger partial charge < -0.3 is 15.7 Å². The Morgan fingerprint density at radius 3 is 2.23 bits per heavy atom. The number of carbonyl (C=O) groups is 1. The van der Waals surface area contributed by atoms with E-state index in [2.05, 4.69) is 34.9 Å². The van der Waals surface area contributed by atoms with Gasteiger partial charge in [-0.2, -0.15) is 0 Å². The van der Waals surface area contributed by atoms with Crippen LogP contribution in [0.1, 0.15) is 17.0 Å². The Hall–Kier alpha value is -2.33. The Kier molecular flexibility index (Phi) is 6.45. The summed E-state index contributed by atoms with van der Waals surface area (Å²) in [7, 11) is 0. The van der Waals surface area contributed by atoms with Crippen LogP contribution in [0.3, 0.4) is 0 Å². The summed E-state index contributed by atoms with van der Waals surface area (Å²) in [5.41, 5.74) is 2.45. The maximum atomic E-state index is 11.7. The normalized spacial score (nSPS) is 11.7. The summed E-state index contributed by atoms with van der Waals surface area (Å²) in [5, 5.41) is 14.2. The molecule has 0 radical (unpaired) electrons. The molecule has 1 unspecified atom stereocenters. The number of aliphatic hydroxyl groups excluding tert-OH is 1. The van der Waals surface area contributed by atoms with E-state index in [1.165, 1.54) is 11.1 Å². The molecule has 0 aromatic heterocycles. The molecule has 0 saturated heterocycles. The molecule has 0 saturated carbocycles. The zero-order valence-electron chi connectivity index (χ0n) is 12.5. The first-order valence-electron chi connectivity index (χ1n) is 7.51. The molecule has 4 heteroatoms. The molecule has 0 aliphatic rings. The van der Waals surface area contributed by atoms with Crippen LogP contribution in [-0.4, -0.2) is 30.8 Å². The lowest BCUT2D eigenvalue weighted by Crippen LogP contribution is -2.39. The van der Waals surface area contributed by atoms with Crippen LogP contribution in [0.25, 0.3) is 0 Å². The molecular weight excluding hydrogens is 276 g/mol. The molecule has 3 N–H and O–H groups in total. The highest BCUT2D eigenvalue weighted by molar-refractivity contribution is 5.73. The minimum absolute atomic E-state index is 0.0560. The van der Waals surface area contributed by atoms with Crippen LogP contribution in [0.15, 0.2) is 60.7 Å². The molecule has 0 spiro atoms. The predicted molar refractivity (Wildman–Crippen MR) is 87.8 cm³/mol. The number of rotatable bonds is 7. The molecule has 4 nitrogen and oxygen atoms in total. The van der Waals surface area contributed by atoms with E-state index in [0.717, 1.165) is 6.42 Å². The van der Waals surface area contributed by atoms with Crippen LogP contribution in [0.5, 0.6) is 0 Å². The van der Waals surface area contributed by atoms with Gasteiger partial charge in [-0.3, -0.25) is 0 Å². The standard InChI is InChI=1S/C18H22N2O2/c21-12-11-19-18(22)20-14-17(16-9-5-2-6-10-16)13-15-7-3-1-4-8-15/h1-10,17,21H,11-14H2,(H2,19,20,22). The Morgan fingerprint density at radius 2 is 1.59 bits per heavy atom. The summed E-state index contributed by atoms with van der Waals surface area (Å²) >= 11 is 0. The van der Waals surface area contributed by atoms with Gasteiger partial charge in [0.1, 0.15) is 0 Å². The van der Waals surface area contributed by atoms with Gasteiger partial charge in [0, 0.05) is 19.0 Å². The SMILES string of the molecule is O=C(NCCO)NCC(Cc1ccccc1)c1ccccc1. The monoisotopic (exact) mass is 298 g/mol. The van der Waals surface area contributed by atoms with Crippen molar-refractivity contribution in [1.29, 1.82) is 0 Å². The summed E-state index contributed by atoms with van der Waals surface area (Å²) in [4.78, 5) is 11.7. The van der Waals surface area contributed by atoms with Crippen LogP contribution >= 0.6 is 0 Å². The molecule has 0 bridgehead atoms. The van der Waals surface area contributed by atoms with Gasteiger partial charge in [-0.05, 0) is 17.5 Å². The predicted octanol–water partition coefficient (Wildman–Crippen LogP) is 2.30. The molecule has 22 heavy (non-hydrogen) atoms. The first kappa shape index (κ1) is 16.0. The fourth-order valence-corrected chi connectivity index (χ4v) is 2.38. The summed E-state index contributed by atoms with van der Waals surface area (Å²) in [5.74, 6) is 0.212. The van der Waals surface area contributed by atoms with Crippen LogP contribution in [0.2, 0.25) is 0 Å². The van der Waals surface area contributed by atoms with Crippen molar-refractivity contribution in [2.45, 2.75) is 12.3 Å². The smallest absolute Gasteiger partial charge is 0.314 e. The molecule has 0 aliphatic heterocycles. The third kappa shape index (κ3) is 5.22. The second kappa shape index (κ2) is 8.85. The minimum Gasteiger partial charge on any atom is -0.395 e.